The van der Waals surface area contributed by atoms with Gasteiger partial charge in [-0.1, -0.05) is 20.8 Å². The summed E-state index contributed by atoms with van der Waals surface area (Å²) >= 11 is 1.78. The molecule has 2 rings (SSSR count). The number of nitrogens with zero attached hydrogens (tertiary/aromatic N) is 2. The minimum atomic E-state index is 0.167. The molecule has 1 unspecified atom stereocenters. The van der Waals surface area contributed by atoms with Gasteiger partial charge in [0.15, 0.2) is 0 Å². The van der Waals surface area contributed by atoms with Crippen LogP contribution in [0.5, 0.6) is 0 Å². The van der Waals surface area contributed by atoms with E-state index in [1.54, 1.807) is 11.3 Å². The van der Waals surface area contributed by atoms with E-state index in [1.165, 1.54) is 36.6 Å². The van der Waals surface area contributed by atoms with Crippen LogP contribution in [0, 0.1) is 5.92 Å². The molecule has 2 heterocycles. The highest BCUT2D eigenvalue weighted by molar-refractivity contribution is 7.09. The van der Waals surface area contributed by atoms with Crippen LogP contribution >= 0.6 is 11.3 Å². The Hall–Kier alpha value is -0.450. The highest BCUT2D eigenvalue weighted by atomic mass is 32.1. The van der Waals surface area contributed by atoms with Crippen molar-refractivity contribution in [2.24, 2.45) is 5.92 Å². The number of thiazole rings is 1. The number of rotatable bonds is 4. The summed E-state index contributed by atoms with van der Waals surface area (Å²) in [6, 6.07) is 0. The molecule has 1 aromatic heterocycles. The summed E-state index contributed by atoms with van der Waals surface area (Å²) < 4.78 is 0. The Kier molecular flexibility index (Phi) is 4.98. The second kappa shape index (κ2) is 6.33. The molecular weight excluding hydrogens is 254 g/mol. The summed E-state index contributed by atoms with van der Waals surface area (Å²) in [5.74, 6) is 0.806. The minimum Gasteiger partial charge on any atom is -0.310 e. The first kappa shape index (κ1) is 14.9. The fourth-order valence-corrected chi connectivity index (χ4v) is 3.55. The average Bonchev–Trinajstić information content (AvgIpc) is 2.77. The molecule has 0 amide bonds. The monoisotopic (exact) mass is 281 g/mol. The average molecular weight is 281 g/mol. The van der Waals surface area contributed by atoms with Crippen LogP contribution in [0.3, 0.4) is 0 Å². The third-order valence-corrected chi connectivity index (χ3v) is 4.60. The minimum absolute atomic E-state index is 0.167. The van der Waals surface area contributed by atoms with Crippen LogP contribution < -0.4 is 5.32 Å². The Morgan fingerprint density at radius 3 is 2.89 bits per heavy atom. The van der Waals surface area contributed by atoms with Crippen molar-refractivity contribution in [1.82, 2.24) is 15.2 Å². The van der Waals surface area contributed by atoms with Crippen LogP contribution in [0.2, 0.25) is 0 Å². The number of aromatic nitrogens is 1. The lowest BCUT2D eigenvalue weighted by Crippen LogP contribution is -2.37. The zero-order valence-electron chi connectivity index (χ0n) is 12.7. The number of nitrogens with one attached hydrogen (secondary N) is 1. The predicted molar refractivity (Wildman–Crippen MR) is 82.7 cm³/mol. The van der Waals surface area contributed by atoms with Crippen LogP contribution in [0.25, 0.3) is 0 Å². The lowest BCUT2D eigenvalue weighted by atomic mass is 9.93. The molecule has 1 atom stereocenters. The van der Waals surface area contributed by atoms with Crippen molar-refractivity contribution in [2.75, 3.05) is 26.7 Å². The van der Waals surface area contributed by atoms with Gasteiger partial charge in [0, 0.05) is 23.9 Å². The smallest absolute Gasteiger partial charge is 0.107 e. The van der Waals surface area contributed by atoms with E-state index in [1.807, 2.05) is 0 Å². The molecule has 0 bridgehead atoms. The van der Waals surface area contributed by atoms with Crippen molar-refractivity contribution >= 4 is 11.3 Å². The van der Waals surface area contributed by atoms with Gasteiger partial charge in [0.25, 0.3) is 0 Å². The first-order valence-corrected chi connectivity index (χ1v) is 8.17. The van der Waals surface area contributed by atoms with Crippen molar-refractivity contribution in [3.8, 4) is 0 Å². The van der Waals surface area contributed by atoms with E-state index >= 15 is 0 Å². The van der Waals surface area contributed by atoms with Crippen LogP contribution in [0.15, 0.2) is 5.38 Å². The zero-order valence-corrected chi connectivity index (χ0v) is 13.5. The molecule has 1 N–H and O–H groups in total. The first-order valence-electron chi connectivity index (χ1n) is 7.29. The molecule has 0 saturated carbocycles. The Morgan fingerprint density at radius 2 is 2.26 bits per heavy atom. The molecule has 0 radical (unpaired) electrons. The topological polar surface area (TPSA) is 28.2 Å². The Labute approximate surface area is 121 Å². The molecular formula is C15H27N3S. The Balaban J connectivity index is 1.75. The highest BCUT2D eigenvalue weighted by Gasteiger charge is 2.18. The summed E-state index contributed by atoms with van der Waals surface area (Å²) in [5, 5.41) is 6.99. The molecule has 4 heteroatoms. The van der Waals surface area contributed by atoms with E-state index in [4.69, 9.17) is 4.98 Å². The second-order valence-corrected chi connectivity index (χ2v) is 7.72. The van der Waals surface area contributed by atoms with Gasteiger partial charge in [-0.05, 0) is 38.9 Å². The van der Waals surface area contributed by atoms with Crippen LogP contribution in [-0.4, -0.2) is 36.6 Å². The van der Waals surface area contributed by atoms with Crippen molar-refractivity contribution in [3.05, 3.63) is 16.1 Å². The van der Waals surface area contributed by atoms with Gasteiger partial charge in [0.05, 0.1) is 5.69 Å². The molecule has 1 saturated heterocycles. The van der Waals surface area contributed by atoms with Gasteiger partial charge >= 0.3 is 0 Å². The van der Waals surface area contributed by atoms with Crippen molar-refractivity contribution in [2.45, 2.75) is 45.6 Å². The Morgan fingerprint density at radius 1 is 1.47 bits per heavy atom. The van der Waals surface area contributed by atoms with Gasteiger partial charge in [0.1, 0.15) is 5.01 Å². The van der Waals surface area contributed by atoms with Crippen molar-refractivity contribution in [3.63, 3.8) is 0 Å². The number of hydrogen-bond acceptors (Lipinski definition) is 4. The van der Waals surface area contributed by atoms with Crippen LogP contribution in [0.1, 0.15) is 44.3 Å². The normalized spacial score (nSPS) is 21.8. The zero-order chi connectivity index (χ0) is 13.9. The molecule has 0 aromatic carbocycles. The summed E-state index contributed by atoms with van der Waals surface area (Å²) in [5.41, 5.74) is 1.38. The van der Waals surface area contributed by atoms with Gasteiger partial charge < -0.3 is 10.2 Å². The van der Waals surface area contributed by atoms with Crippen LogP contribution in [0.4, 0.5) is 0 Å². The maximum atomic E-state index is 4.72. The van der Waals surface area contributed by atoms with Crippen molar-refractivity contribution in [1.29, 1.82) is 0 Å². The van der Waals surface area contributed by atoms with Gasteiger partial charge in [-0.3, -0.25) is 0 Å². The summed E-state index contributed by atoms with van der Waals surface area (Å²) in [4.78, 5) is 7.17. The van der Waals surface area contributed by atoms with Gasteiger partial charge in [0.2, 0.25) is 0 Å². The van der Waals surface area contributed by atoms with Gasteiger partial charge in [-0.2, -0.15) is 0 Å². The number of hydrogen-bond donors (Lipinski definition) is 1. The van der Waals surface area contributed by atoms with E-state index in [0.29, 0.717) is 0 Å². The molecule has 1 aromatic rings. The molecule has 1 fully saturated rings. The molecule has 1 aliphatic heterocycles. The first-order chi connectivity index (χ1) is 8.95. The summed E-state index contributed by atoms with van der Waals surface area (Å²) in [6.07, 6.45) is 2.71. The Bertz CT molecular complexity index is 394. The maximum absolute atomic E-state index is 4.72. The molecule has 0 aliphatic carbocycles. The van der Waals surface area contributed by atoms with Crippen LogP contribution in [-0.2, 0) is 12.0 Å². The lowest BCUT2D eigenvalue weighted by molar-refractivity contribution is 0.206. The fraction of sp³-hybridized carbons (Fsp3) is 0.800. The van der Waals surface area contributed by atoms with E-state index in [-0.39, 0.29) is 5.41 Å². The molecule has 1 aliphatic rings. The third kappa shape index (κ3) is 4.55. The molecule has 19 heavy (non-hydrogen) atoms. The summed E-state index contributed by atoms with van der Waals surface area (Å²) in [6.45, 7) is 11.2. The summed E-state index contributed by atoms with van der Waals surface area (Å²) in [7, 11) is 2.22. The standard InChI is InChI=1S/C15H27N3S/c1-15(2,3)13-11-19-14(17-13)9-16-8-12-6-5-7-18(4)10-12/h11-12,16H,5-10H2,1-4H3. The highest BCUT2D eigenvalue weighted by Crippen LogP contribution is 2.23. The number of likely N-dealkylation sites (tertiary alicyclic amines) is 1. The predicted octanol–water partition coefficient (Wildman–Crippen LogP) is 2.87. The molecule has 0 spiro atoms. The quantitative estimate of drug-likeness (QED) is 0.920. The van der Waals surface area contributed by atoms with E-state index in [0.717, 1.165) is 19.0 Å². The third-order valence-electron chi connectivity index (χ3n) is 3.75. The SMILES string of the molecule is CN1CCCC(CNCc2nc(C(C)(C)C)cs2)C1. The van der Waals surface area contributed by atoms with Gasteiger partial charge in [-0.15, -0.1) is 11.3 Å². The van der Waals surface area contributed by atoms with E-state index < -0.39 is 0 Å². The lowest BCUT2D eigenvalue weighted by Gasteiger charge is -2.29. The molecule has 108 valence electrons. The van der Waals surface area contributed by atoms with Crippen molar-refractivity contribution < 1.29 is 0 Å². The molecule has 3 nitrogen and oxygen atoms in total. The largest absolute Gasteiger partial charge is 0.310 e. The van der Waals surface area contributed by atoms with E-state index in [2.05, 4.69) is 43.4 Å². The fourth-order valence-electron chi connectivity index (χ4n) is 2.56. The van der Waals surface area contributed by atoms with E-state index in [9.17, 15) is 0 Å². The second-order valence-electron chi connectivity index (χ2n) is 6.78. The maximum Gasteiger partial charge on any atom is 0.107 e. The van der Waals surface area contributed by atoms with Gasteiger partial charge in [-0.25, -0.2) is 4.98 Å². The number of piperidine rings is 1.